The van der Waals surface area contributed by atoms with Crippen molar-refractivity contribution >= 4 is 29.4 Å². The number of rotatable bonds is 17. The van der Waals surface area contributed by atoms with E-state index in [1.54, 1.807) is 7.05 Å². The Hall–Kier alpha value is -5.53. The molecule has 0 saturated heterocycles. The lowest BCUT2D eigenvalue weighted by Crippen LogP contribution is -2.55. The van der Waals surface area contributed by atoms with E-state index in [1.807, 2.05) is 110 Å². The highest BCUT2D eigenvalue weighted by Crippen LogP contribution is 2.24. The van der Waals surface area contributed by atoms with E-state index in [4.69, 9.17) is 14.1 Å². The molecule has 4 atom stereocenters. The lowest BCUT2D eigenvalue weighted by molar-refractivity contribution is -0.124. The van der Waals surface area contributed by atoms with Gasteiger partial charge in [-0.2, -0.15) is 0 Å². The molecular formula is C40H46N6O6S. The summed E-state index contributed by atoms with van der Waals surface area (Å²) in [6.07, 6.45) is 1.71. The number of oxazole rings is 1. The summed E-state index contributed by atoms with van der Waals surface area (Å²) in [6.45, 7) is 3.87. The van der Waals surface area contributed by atoms with E-state index in [0.29, 0.717) is 18.6 Å². The molecule has 0 radical (unpaired) electrons. The molecule has 4 N–H and O–H groups in total. The quantitative estimate of drug-likeness (QED) is 0.0908. The molecular weight excluding hydrogens is 693 g/mol. The van der Waals surface area contributed by atoms with Crippen LogP contribution in [0.3, 0.4) is 0 Å². The van der Waals surface area contributed by atoms with Gasteiger partial charge in [-0.25, -0.2) is 19.6 Å². The summed E-state index contributed by atoms with van der Waals surface area (Å²) in [5, 5.41) is 23.3. The normalized spacial score (nSPS) is 13.4. The Balaban J connectivity index is 1.26. The largest absolute Gasteiger partial charge is 0.445 e. The topological polar surface area (TPSA) is 159 Å². The monoisotopic (exact) mass is 738 g/mol. The van der Waals surface area contributed by atoms with Crippen LogP contribution in [-0.4, -0.2) is 69.3 Å². The lowest BCUT2D eigenvalue weighted by Gasteiger charge is -2.30. The Morgan fingerprint density at radius 3 is 2.15 bits per heavy atom. The zero-order valence-corrected chi connectivity index (χ0v) is 30.9. The van der Waals surface area contributed by atoms with Gasteiger partial charge >= 0.3 is 12.1 Å². The van der Waals surface area contributed by atoms with Crippen molar-refractivity contribution in [3.05, 3.63) is 132 Å². The molecule has 0 saturated carbocycles. The van der Waals surface area contributed by atoms with Crippen LogP contribution in [0, 0.1) is 5.92 Å². The van der Waals surface area contributed by atoms with Gasteiger partial charge in [0.1, 0.15) is 11.0 Å². The Labute approximate surface area is 313 Å². The van der Waals surface area contributed by atoms with E-state index in [-0.39, 0.29) is 31.4 Å². The van der Waals surface area contributed by atoms with Crippen molar-refractivity contribution in [3.63, 3.8) is 0 Å². The highest BCUT2D eigenvalue weighted by Gasteiger charge is 2.31. The molecule has 3 aromatic carbocycles. The van der Waals surface area contributed by atoms with Gasteiger partial charge in [0, 0.05) is 24.0 Å². The van der Waals surface area contributed by atoms with Gasteiger partial charge in [0.25, 0.3) is 0 Å². The predicted octanol–water partition coefficient (Wildman–Crippen LogP) is 5.98. The van der Waals surface area contributed by atoms with Gasteiger partial charge in [0.15, 0.2) is 18.8 Å². The van der Waals surface area contributed by atoms with Crippen molar-refractivity contribution in [1.29, 1.82) is 0 Å². The maximum atomic E-state index is 13.9. The fourth-order valence-corrected chi connectivity index (χ4v) is 6.64. The van der Waals surface area contributed by atoms with Gasteiger partial charge in [0.2, 0.25) is 5.91 Å². The van der Waals surface area contributed by atoms with Crippen molar-refractivity contribution in [2.24, 2.45) is 5.92 Å². The third-order valence-electron chi connectivity index (χ3n) is 8.64. The number of hydrogen-bond acceptors (Lipinski definition) is 9. The highest BCUT2D eigenvalue weighted by molar-refractivity contribution is 7.13. The number of carbonyl (C=O) groups is 3. The van der Waals surface area contributed by atoms with Crippen LogP contribution in [0.2, 0.25) is 0 Å². The van der Waals surface area contributed by atoms with Crippen molar-refractivity contribution in [1.82, 2.24) is 30.8 Å². The number of ether oxygens (including phenoxy) is 1. The number of amides is 4. The Bertz CT molecular complexity index is 1860. The van der Waals surface area contributed by atoms with Crippen molar-refractivity contribution in [2.75, 3.05) is 7.05 Å². The van der Waals surface area contributed by atoms with Crippen molar-refractivity contribution in [2.45, 2.75) is 70.5 Å². The van der Waals surface area contributed by atoms with E-state index in [2.05, 4.69) is 20.9 Å². The molecule has 4 amide bonds. The number of aliphatic hydroxyl groups excluding tert-OH is 1. The molecule has 0 spiro atoms. The Morgan fingerprint density at radius 2 is 1.53 bits per heavy atom. The van der Waals surface area contributed by atoms with Crippen molar-refractivity contribution < 1.29 is 28.6 Å². The first-order valence-electron chi connectivity index (χ1n) is 17.5. The fourth-order valence-electron chi connectivity index (χ4n) is 5.82. The summed E-state index contributed by atoms with van der Waals surface area (Å²) >= 11 is 1.51. The number of aliphatic hydroxyl groups is 1. The summed E-state index contributed by atoms with van der Waals surface area (Å²) in [5.41, 5.74) is 3.60. The van der Waals surface area contributed by atoms with Gasteiger partial charge in [-0.1, -0.05) is 105 Å². The van der Waals surface area contributed by atoms with Crippen LogP contribution >= 0.6 is 11.3 Å². The first kappa shape index (κ1) is 38.7. The van der Waals surface area contributed by atoms with Gasteiger partial charge < -0.3 is 35.1 Å². The molecule has 0 bridgehead atoms. The first-order valence-corrected chi connectivity index (χ1v) is 18.4. The molecule has 0 unspecified atom stereocenters. The minimum Gasteiger partial charge on any atom is -0.445 e. The minimum atomic E-state index is -1.08. The SMILES string of the molecule is CC(C)[C@H](NC(=O)N(C)Cc1csc(-c2ccccc2)n1)C(=O)N[C@@H](Cc1ccccc1)C[C@H](O)[C@H](Cc1ccccc1)NC(=O)OCc1cnco1. The number of thiazole rings is 1. The Kier molecular flexibility index (Phi) is 14.1. The fraction of sp³-hybridized carbons (Fsp3) is 0.325. The minimum absolute atomic E-state index is 0.104. The highest BCUT2D eigenvalue weighted by atomic mass is 32.1. The smallest absolute Gasteiger partial charge is 0.407 e. The number of nitrogens with one attached hydrogen (secondary N) is 3. The molecule has 13 heteroatoms. The van der Waals surface area contributed by atoms with Crippen LogP contribution in [0.4, 0.5) is 9.59 Å². The van der Waals surface area contributed by atoms with Crippen LogP contribution in [0.15, 0.2) is 113 Å². The molecule has 0 aliphatic heterocycles. The summed E-state index contributed by atoms with van der Waals surface area (Å²) in [6, 6.07) is 26.4. The van der Waals surface area contributed by atoms with Gasteiger partial charge in [-0.15, -0.1) is 11.3 Å². The van der Waals surface area contributed by atoms with E-state index < -0.39 is 36.4 Å². The molecule has 278 valence electrons. The van der Waals surface area contributed by atoms with E-state index in [0.717, 1.165) is 27.4 Å². The lowest BCUT2D eigenvalue weighted by atomic mass is 9.93. The molecule has 53 heavy (non-hydrogen) atoms. The maximum Gasteiger partial charge on any atom is 0.407 e. The third-order valence-corrected chi connectivity index (χ3v) is 9.58. The molecule has 0 aliphatic carbocycles. The molecule has 12 nitrogen and oxygen atoms in total. The summed E-state index contributed by atoms with van der Waals surface area (Å²) in [4.78, 5) is 50.2. The molecule has 2 heterocycles. The maximum absolute atomic E-state index is 13.9. The van der Waals surface area contributed by atoms with Gasteiger partial charge in [0.05, 0.1) is 30.6 Å². The average molecular weight is 739 g/mol. The van der Waals surface area contributed by atoms with Crippen LogP contribution in [0.5, 0.6) is 0 Å². The van der Waals surface area contributed by atoms with Crippen molar-refractivity contribution in [3.8, 4) is 10.6 Å². The van der Waals surface area contributed by atoms with Gasteiger partial charge in [-0.3, -0.25) is 4.79 Å². The number of nitrogens with zero attached hydrogens (tertiary/aromatic N) is 3. The van der Waals surface area contributed by atoms with Crippen LogP contribution in [-0.2, 0) is 35.5 Å². The first-order chi connectivity index (χ1) is 25.6. The van der Waals surface area contributed by atoms with Crippen LogP contribution in [0.1, 0.15) is 42.8 Å². The zero-order chi connectivity index (χ0) is 37.6. The van der Waals surface area contributed by atoms with Crippen LogP contribution < -0.4 is 16.0 Å². The molecule has 2 aromatic heterocycles. The van der Waals surface area contributed by atoms with Crippen LogP contribution in [0.25, 0.3) is 10.6 Å². The zero-order valence-electron chi connectivity index (χ0n) is 30.1. The van der Waals surface area contributed by atoms with Gasteiger partial charge in [-0.05, 0) is 36.3 Å². The second-order valence-corrected chi connectivity index (χ2v) is 14.1. The predicted molar refractivity (Wildman–Crippen MR) is 203 cm³/mol. The second-order valence-electron chi connectivity index (χ2n) is 13.2. The van der Waals surface area contributed by atoms with E-state index in [1.165, 1.54) is 28.8 Å². The molecule has 0 aliphatic rings. The standard InChI is InChI=1S/C40H46N6O6S/c1-27(2)36(45-39(49)46(3)23-32-25-53-38(43-32)30-17-11-6-12-18-30)37(48)42-31(19-28-13-7-4-8-14-28)21-35(47)34(20-29-15-9-5-10-16-29)44-40(50)51-24-33-22-41-26-52-33/h4-18,22,25-27,31,34-36,47H,19-21,23-24H2,1-3H3,(H,42,48)(H,44,50)(H,45,49)/t31-,34-,35-,36-/m0/s1. The molecule has 5 aromatic rings. The summed E-state index contributed by atoms with van der Waals surface area (Å²) in [7, 11) is 1.66. The number of aromatic nitrogens is 2. The van der Waals surface area contributed by atoms with E-state index in [9.17, 15) is 19.5 Å². The van der Waals surface area contributed by atoms with E-state index >= 15 is 0 Å². The molecule has 5 rings (SSSR count). The summed E-state index contributed by atoms with van der Waals surface area (Å²) in [5.74, 6) is -0.247. The average Bonchev–Trinajstić information content (AvgIpc) is 3.86. The number of carbonyl (C=O) groups excluding carboxylic acids is 3. The number of urea groups is 1. The Morgan fingerprint density at radius 1 is 0.887 bits per heavy atom. The third kappa shape index (κ3) is 12.0. The number of alkyl carbamates (subject to hydrolysis) is 1. The number of hydrogen-bond donors (Lipinski definition) is 4. The second kappa shape index (κ2) is 19.3. The summed E-state index contributed by atoms with van der Waals surface area (Å²) < 4.78 is 10.5. The molecule has 0 fully saturated rings. The number of benzene rings is 3.